The first-order chi connectivity index (χ1) is 13.8. The Balaban J connectivity index is 1.69. The SMILES string of the molecule is CC[C@@]1(C)NC(=O)N(NC(=O)CN2CCC[C@@H]2c2ccc(OC)cc2OC)C1=O. The van der Waals surface area contributed by atoms with Crippen LogP contribution in [0.5, 0.6) is 11.5 Å². The standard InChI is InChI=1S/C20H28N4O5/c1-5-20(2)18(26)24(19(27)21-20)22-17(25)12-23-10-6-7-15(23)14-9-8-13(28-3)11-16(14)29-4/h8-9,11,15H,5-7,10,12H2,1-4H3,(H,21,27)(H,22,25)/t15-,20-/m1/s1. The molecule has 0 spiro atoms. The minimum absolute atomic E-state index is 0.00520. The minimum Gasteiger partial charge on any atom is -0.497 e. The van der Waals surface area contributed by atoms with E-state index in [1.807, 2.05) is 23.1 Å². The van der Waals surface area contributed by atoms with E-state index in [9.17, 15) is 14.4 Å². The summed E-state index contributed by atoms with van der Waals surface area (Å²) in [5.74, 6) is 0.543. The van der Waals surface area contributed by atoms with Crippen LogP contribution < -0.4 is 20.2 Å². The normalized spacial score (nSPS) is 24.6. The number of nitrogens with zero attached hydrogens (tertiary/aromatic N) is 2. The van der Waals surface area contributed by atoms with Crippen LogP contribution in [-0.4, -0.2) is 60.6 Å². The molecule has 2 fully saturated rings. The van der Waals surface area contributed by atoms with Crippen LogP contribution in [0.2, 0.25) is 0 Å². The second kappa shape index (κ2) is 8.28. The van der Waals surface area contributed by atoms with Gasteiger partial charge in [0.15, 0.2) is 0 Å². The zero-order valence-electron chi connectivity index (χ0n) is 17.3. The molecule has 2 aliphatic heterocycles. The van der Waals surface area contributed by atoms with Crippen LogP contribution in [0.25, 0.3) is 0 Å². The van der Waals surface area contributed by atoms with Crippen molar-refractivity contribution in [3.63, 3.8) is 0 Å². The zero-order chi connectivity index (χ0) is 21.2. The zero-order valence-corrected chi connectivity index (χ0v) is 17.3. The molecule has 0 radical (unpaired) electrons. The Morgan fingerprint density at radius 2 is 2.07 bits per heavy atom. The predicted molar refractivity (Wildman–Crippen MR) is 105 cm³/mol. The van der Waals surface area contributed by atoms with Gasteiger partial charge < -0.3 is 14.8 Å². The third-order valence-corrected chi connectivity index (χ3v) is 5.71. The van der Waals surface area contributed by atoms with Crippen molar-refractivity contribution < 1.29 is 23.9 Å². The van der Waals surface area contributed by atoms with Crippen LogP contribution in [0.4, 0.5) is 4.79 Å². The van der Waals surface area contributed by atoms with Crippen molar-refractivity contribution in [3.8, 4) is 11.5 Å². The molecule has 2 heterocycles. The molecule has 0 bridgehead atoms. The molecule has 9 heteroatoms. The van der Waals surface area contributed by atoms with E-state index >= 15 is 0 Å². The average Bonchev–Trinajstić information content (AvgIpc) is 3.25. The summed E-state index contributed by atoms with van der Waals surface area (Å²) < 4.78 is 10.8. The van der Waals surface area contributed by atoms with E-state index in [-0.39, 0.29) is 12.6 Å². The third kappa shape index (κ3) is 4.00. The van der Waals surface area contributed by atoms with Gasteiger partial charge in [-0.25, -0.2) is 4.79 Å². The Morgan fingerprint density at radius 3 is 2.69 bits per heavy atom. The fourth-order valence-corrected chi connectivity index (χ4v) is 3.83. The lowest BCUT2D eigenvalue weighted by molar-refractivity contribution is -0.139. The molecule has 4 amide bonds. The van der Waals surface area contributed by atoms with E-state index in [1.165, 1.54) is 0 Å². The van der Waals surface area contributed by atoms with Crippen LogP contribution in [0.3, 0.4) is 0 Å². The third-order valence-electron chi connectivity index (χ3n) is 5.71. The first kappa shape index (κ1) is 20.9. The molecule has 0 aliphatic carbocycles. The Morgan fingerprint density at radius 1 is 1.31 bits per heavy atom. The van der Waals surface area contributed by atoms with Crippen molar-refractivity contribution in [2.24, 2.45) is 0 Å². The summed E-state index contributed by atoms with van der Waals surface area (Å²) >= 11 is 0. The number of hydrazine groups is 1. The quantitative estimate of drug-likeness (QED) is 0.670. The van der Waals surface area contributed by atoms with E-state index < -0.39 is 23.4 Å². The van der Waals surface area contributed by atoms with Gasteiger partial charge in [0.2, 0.25) is 0 Å². The van der Waals surface area contributed by atoms with Gasteiger partial charge in [-0.05, 0) is 38.8 Å². The van der Waals surface area contributed by atoms with Crippen molar-refractivity contribution >= 4 is 17.8 Å². The van der Waals surface area contributed by atoms with Crippen molar-refractivity contribution in [2.45, 2.75) is 44.7 Å². The van der Waals surface area contributed by atoms with Gasteiger partial charge in [0.25, 0.3) is 11.8 Å². The molecule has 2 saturated heterocycles. The molecule has 2 atom stereocenters. The van der Waals surface area contributed by atoms with Crippen LogP contribution in [0, 0.1) is 0 Å². The van der Waals surface area contributed by atoms with Gasteiger partial charge in [0.1, 0.15) is 17.0 Å². The summed E-state index contributed by atoms with van der Waals surface area (Å²) in [5, 5.41) is 3.40. The second-order valence-corrected chi connectivity index (χ2v) is 7.53. The molecule has 1 aromatic carbocycles. The van der Waals surface area contributed by atoms with Crippen molar-refractivity contribution in [1.82, 2.24) is 20.7 Å². The summed E-state index contributed by atoms with van der Waals surface area (Å²) in [6, 6.07) is 5.04. The Kier molecular flexibility index (Phi) is 5.97. The average molecular weight is 404 g/mol. The highest BCUT2D eigenvalue weighted by Crippen LogP contribution is 2.38. The van der Waals surface area contributed by atoms with Gasteiger partial charge >= 0.3 is 6.03 Å². The number of carbonyl (C=O) groups is 3. The highest BCUT2D eigenvalue weighted by Gasteiger charge is 2.47. The summed E-state index contributed by atoms with van der Waals surface area (Å²) in [7, 11) is 3.20. The molecule has 2 N–H and O–H groups in total. The monoisotopic (exact) mass is 404 g/mol. The van der Waals surface area contributed by atoms with Crippen LogP contribution in [0.1, 0.15) is 44.7 Å². The Bertz CT molecular complexity index is 814. The van der Waals surface area contributed by atoms with Crippen LogP contribution in [0.15, 0.2) is 18.2 Å². The van der Waals surface area contributed by atoms with Crippen LogP contribution >= 0.6 is 0 Å². The second-order valence-electron chi connectivity index (χ2n) is 7.53. The van der Waals surface area contributed by atoms with E-state index in [1.54, 1.807) is 28.1 Å². The number of methoxy groups -OCH3 is 2. The van der Waals surface area contributed by atoms with E-state index in [0.717, 1.165) is 30.0 Å². The molecule has 158 valence electrons. The Labute approximate surface area is 170 Å². The first-order valence-electron chi connectivity index (χ1n) is 9.75. The van der Waals surface area contributed by atoms with Gasteiger partial charge in [-0.1, -0.05) is 13.0 Å². The molecule has 0 saturated carbocycles. The van der Waals surface area contributed by atoms with Gasteiger partial charge in [-0.3, -0.25) is 19.9 Å². The maximum Gasteiger partial charge on any atom is 0.344 e. The molecule has 9 nitrogen and oxygen atoms in total. The van der Waals surface area contributed by atoms with E-state index in [0.29, 0.717) is 17.9 Å². The summed E-state index contributed by atoms with van der Waals surface area (Å²) in [6.07, 6.45) is 2.26. The number of nitrogens with one attached hydrogen (secondary N) is 2. The number of urea groups is 1. The number of hydrogen-bond acceptors (Lipinski definition) is 6. The molecule has 2 aliphatic rings. The molecular weight excluding hydrogens is 376 g/mol. The molecular formula is C20H28N4O5. The van der Waals surface area contributed by atoms with E-state index in [4.69, 9.17) is 9.47 Å². The van der Waals surface area contributed by atoms with Gasteiger partial charge in [0, 0.05) is 17.7 Å². The molecule has 0 aromatic heterocycles. The molecule has 1 aromatic rings. The van der Waals surface area contributed by atoms with E-state index in [2.05, 4.69) is 10.7 Å². The van der Waals surface area contributed by atoms with Gasteiger partial charge in [-0.15, -0.1) is 0 Å². The lowest BCUT2D eigenvalue weighted by Crippen LogP contribution is -2.51. The van der Waals surface area contributed by atoms with Crippen molar-refractivity contribution in [2.75, 3.05) is 27.3 Å². The highest BCUT2D eigenvalue weighted by molar-refractivity contribution is 6.07. The molecule has 0 unspecified atom stereocenters. The van der Waals surface area contributed by atoms with Crippen molar-refractivity contribution in [1.29, 1.82) is 0 Å². The lowest BCUT2D eigenvalue weighted by Gasteiger charge is -2.26. The van der Waals surface area contributed by atoms with Crippen LogP contribution in [-0.2, 0) is 9.59 Å². The lowest BCUT2D eigenvalue weighted by atomic mass is 10.00. The minimum atomic E-state index is -0.989. The fourth-order valence-electron chi connectivity index (χ4n) is 3.83. The number of amides is 4. The molecule has 3 rings (SSSR count). The van der Waals surface area contributed by atoms with Crippen molar-refractivity contribution in [3.05, 3.63) is 23.8 Å². The van der Waals surface area contributed by atoms with Gasteiger partial charge in [-0.2, -0.15) is 5.01 Å². The highest BCUT2D eigenvalue weighted by atomic mass is 16.5. The number of carbonyl (C=O) groups excluding carboxylic acids is 3. The topological polar surface area (TPSA) is 100 Å². The maximum absolute atomic E-state index is 12.6. The number of ether oxygens (including phenoxy) is 2. The summed E-state index contributed by atoms with van der Waals surface area (Å²) in [5.41, 5.74) is 2.44. The Hall–Kier alpha value is -2.81. The number of rotatable bonds is 7. The fraction of sp³-hybridized carbons (Fsp3) is 0.550. The summed E-state index contributed by atoms with van der Waals surface area (Å²) in [4.78, 5) is 39.2. The summed E-state index contributed by atoms with van der Waals surface area (Å²) in [6.45, 7) is 4.26. The number of hydrogen-bond donors (Lipinski definition) is 2. The smallest absolute Gasteiger partial charge is 0.344 e. The number of benzene rings is 1. The molecule has 29 heavy (non-hydrogen) atoms. The first-order valence-corrected chi connectivity index (χ1v) is 9.75. The largest absolute Gasteiger partial charge is 0.497 e. The number of likely N-dealkylation sites (tertiary alicyclic amines) is 1. The maximum atomic E-state index is 12.6. The van der Waals surface area contributed by atoms with Gasteiger partial charge in [0.05, 0.1) is 20.8 Å². The predicted octanol–water partition coefficient (Wildman–Crippen LogP) is 1.59. The number of imide groups is 1.